The van der Waals surface area contributed by atoms with Crippen molar-refractivity contribution < 1.29 is 14.3 Å². The summed E-state index contributed by atoms with van der Waals surface area (Å²) in [4.78, 5) is 42.0. The Labute approximate surface area is 232 Å². The van der Waals surface area contributed by atoms with Crippen LogP contribution in [0.2, 0.25) is 5.02 Å². The number of pyridine rings is 1. The van der Waals surface area contributed by atoms with Crippen LogP contribution in [0, 0.1) is 0 Å². The Kier molecular flexibility index (Phi) is 8.11. The van der Waals surface area contributed by atoms with Gasteiger partial charge in [0.1, 0.15) is 17.3 Å². The van der Waals surface area contributed by atoms with Crippen molar-refractivity contribution in [2.24, 2.45) is 0 Å². The molecule has 0 saturated carbocycles. The molecule has 4 heterocycles. The second-order valence-corrected chi connectivity index (χ2v) is 10.5. The second kappa shape index (κ2) is 11.9. The lowest BCUT2D eigenvalue weighted by molar-refractivity contribution is 0.0945. The van der Waals surface area contributed by atoms with Crippen LogP contribution < -0.4 is 20.3 Å². The standard InChI is InChI=1S/C28H32ClN7O3/c1-20(21-5-3-2-4-6-21)18-39-22-15-23(29)25(33-16-22)26(37)32-11-14-36-19-28(34-27(36)38)7-12-35(13-8-28)24-17-30-9-10-31-24/h2-6,9-10,15-17,20H,7-8,11-14,18-19H2,1H3,(H,32,37)(H,34,38)/t20-/m1/s1. The largest absolute Gasteiger partial charge is 0.491 e. The number of carbonyl (C=O) groups excluding carboxylic acids is 2. The molecule has 1 atom stereocenters. The summed E-state index contributed by atoms with van der Waals surface area (Å²) in [6.07, 6.45) is 8.24. The molecule has 2 fully saturated rings. The van der Waals surface area contributed by atoms with Gasteiger partial charge in [0.05, 0.1) is 29.6 Å². The molecule has 3 aromatic rings. The number of rotatable bonds is 9. The van der Waals surface area contributed by atoms with Gasteiger partial charge in [-0.1, -0.05) is 48.9 Å². The molecule has 2 aliphatic rings. The van der Waals surface area contributed by atoms with E-state index >= 15 is 0 Å². The number of ether oxygens (including phenoxy) is 1. The van der Waals surface area contributed by atoms with Crippen LogP contribution in [-0.4, -0.2) is 76.7 Å². The van der Waals surface area contributed by atoms with E-state index in [1.54, 1.807) is 29.6 Å². The summed E-state index contributed by atoms with van der Waals surface area (Å²) in [5.74, 6) is 1.16. The number of nitrogens with zero attached hydrogens (tertiary/aromatic N) is 5. The van der Waals surface area contributed by atoms with Crippen molar-refractivity contribution in [2.75, 3.05) is 44.2 Å². The number of halogens is 1. The van der Waals surface area contributed by atoms with Gasteiger partial charge in [-0.3, -0.25) is 9.78 Å². The fourth-order valence-electron chi connectivity index (χ4n) is 5.02. The van der Waals surface area contributed by atoms with Crippen LogP contribution in [0.1, 0.15) is 41.7 Å². The molecule has 2 aromatic heterocycles. The SMILES string of the molecule is C[C@H](COc1cnc(C(=O)NCCN2CC3(CCN(c4cnccn4)CC3)NC2=O)c(Cl)c1)c1ccccc1. The first-order valence-electron chi connectivity index (χ1n) is 13.1. The first-order chi connectivity index (χ1) is 18.9. The van der Waals surface area contributed by atoms with Crippen molar-refractivity contribution in [3.05, 3.63) is 77.5 Å². The maximum atomic E-state index is 12.7. The molecule has 204 valence electrons. The van der Waals surface area contributed by atoms with Gasteiger partial charge in [-0.15, -0.1) is 0 Å². The van der Waals surface area contributed by atoms with Crippen LogP contribution >= 0.6 is 11.6 Å². The molecule has 1 spiro atoms. The third-order valence-corrected chi connectivity index (χ3v) is 7.60. The van der Waals surface area contributed by atoms with Crippen LogP contribution in [0.4, 0.5) is 10.6 Å². The van der Waals surface area contributed by atoms with Crippen molar-refractivity contribution in [3.63, 3.8) is 0 Å². The summed E-state index contributed by atoms with van der Waals surface area (Å²) < 4.78 is 5.85. The minimum Gasteiger partial charge on any atom is -0.491 e. The zero-order valence-electron chi connectivity index (χ0n) is 21.8. The molecule has 0 radical (unpaired) electrons. The van der Waals surface area contributed by atoms with Gasteiger partial charge in [0, 0.05) is 57.1 Å². The minimum atomic E-state index is -0.393. The number of nitrogens with one attached hydrogen (secondary N) is 2. The molecule has 11 heteroatoms. The maximum Gasteiger partial charge on any atom is 0.318 e. The number of hydrogen-bond acceptors (Lipinski definition) is 7. The summed E-state index contributed by atoms with van der Waals surface area (Å²) in [6.45, 7) is 5.41. The summed E-state index contributed by atoms with van der Waals surface area (Å²) >= 11 is 6.35. The van der Waals surface area contributed by atoms with Crippen molar-refractivity contribution in [2.45, 2.75) is 31.2 Å². The van der Waals surface area contributed by atoms with Gasteiger partial charge in [0.2, 0.25) is 0 Å². The molecule has 2 N–H and O–H groups in total. The predicted octanol–water partition coefficient (Wildman–Crippen LogP) is 3.50. The van der Waals surface area contributed by atoms with E-state index in [4.69, 9.17) is 16.3 Å². The highest BCUT2D eigenvalue weighted by Gasteiger charge is 2.44. The molecule has 2 saturated heterocycles. The Morgan fingerprint density at radius 2 is 1.97 bits per heavy atom. The van der Waals surface area contributed by atoms with E-state index in [9.17, 15) is 9.59 Å². The molecule has 3 amide bonds. The van der Waals surface area contributed by atoms with Gasteiger partial charge < -0.3 is 25.2 Å². The highest BCUT2D eigenvalue weighted by atomic mass is 35.5. The van der Waals surface area contributed by atoms with E-state index < -0.39 is 5.91 Å². The minimum absolute atomic E-state index is 0.111. The smallest absolute Gasteiger partial charge is 0.318 e. The summed E-state index contributed by atoms with van der Waals surface area (Å²) in [5.41, 5.74) is 1.04. The molecular formula is C28H32ClN7O3. The number of piperidine rings is 1. The zero-order chi connectivity index (χ0) is 27.2. The van der Waals surface area contributed by atoms with Crippen LogP contribution in [0.15, 0.2) is 61.2 Å². The van der Waals surface area contributed by atoms with Gasteiger partial charge in [0.15, 0.2) is 0 Å². The van der Waals surface area contributed by atoms with Crippen molar-refractivity contribution >= 4 is 29.4 Å². The van der Waals surface area contributed by atoms with Crippen LogP contribution in [0.3, 0.4) is 0 Å². The number of hydrogen-bond donors (Lipinski definition) is 2. The topological polar surface area (TPSA) is 113 Å². The molecule has 0 bridgehead atoms. The average Bonchev–Trinajstić information content (AvgIpc) is 3.26. The van der Waals surface area contributed by atoms with Crippen LogP contribution in [0.25, 0.3) is 0 Å². The van der Waals surface area contributed by atoms with Crippen molar-refractivity contribution in [1.82, 2.24) is 30.5 Å². The Balaban J connectivity index is 1.07. The second-order valence-electron chi connectivity index (χ2n) is 10.1. The fraction of sp³-hybridized carbons (Fsp3) is 0.393. The van der Waals surface area contributed by atoms with E-state index in [1.165, 1.54) is 11.8 Å². The number of amides is 3. The molecular weight excluding hydrogens is 518 g/mol. The lowest BCUT2D eigenvalue weighted by atomic mass is 9.88. The third kappa shape index (κ3) is 6.39. The van der Waals surface area contributed by atoms with Gasteiger partial charge in [0.25, 0.3) is 5.91 Å². The molecule has 0 unspecified atom stereocenters. The predicted molar refractivity (Wildman–Crippen MR) is 148 cm³/mol. The molecule has 1 aromatic carbocycles. The number of aromatic nitrogens is 3. The molecule has 2 aliphatic heterocycles. The van der Waals surface area contributed by atoms with E-state index in [0.29, 0.717) is 32.0 Å². The summed E-state index contributed by atoms with van der Waals surface area (Å²) in [5, 5.41) is 6.21. The summed E-state index contributed by atoms with van der Waals surface area (Å²) in [7, 11) is 0. The first-order valence-corrected chi connectivity index (χ1v) is 13.5. The zero-order valence-corrected chi connectivity index (χ0v) is 22.6. The number of anilines is 1. The van der Waals surface area contributed by atoms with Crippen molar-refractivity contribution in [3.8, 4) is 5.75 Å². The number of urea groups is 1. The molecule has 39 heavy (non-hydrogen) atoms. The van der Waals surface area contributed by atoms with Crippen molar-refractivity contribution in [1.29, 1.82) is 0 Å². The quantitative estimate of drug-likeness (QED) is 0.420. The fourth-order valence-corrected chi connectivity index (χ4v) is 5.26. The van der Waals surface area contributed by atoms with Gasteiger partial charge in [-0.25, -0.2) is 14.8 Å². The summed E-state index contributed by atoms with van der Waals surface area (Å²) in [6, 6.07) is 11.6. The van der Waals surface area contributed by atoms with Crippen LogP contribution in [-0.2, 0) is 0 Å². The van der Waals surface area contributed by atoms with Gasteiger partial charge in [-0.05, 0) is 18.4 Å². The Morgan fingerprint density at radius 3 is 2.69 bits per heavy atom. The van der Waals surface area contributed by atoms with E-state index in [0.717, 1.165) is 31.7 Å². The molecule has 5 rings (SSSR count). The average molecular weight is 550 g/mol. The monoisotopic (exact) mass is 549 g/mol. The number of benzene rings is 1. The van der Waals surface area contributed by atoms with E-state index in [-0.39, 0.29) is 28.2 Å². The van der Waals surface area contributed by atoms with Gasteiger partial charge >= 0.3 is 6.03 Å². The Hall–Kier alpha value is -3.92. The molecule has 10 nitrogen and oxygen atoms in total. The lowest BCUT2D eigenvalue weighted by Crippen LogP contribution is -2.52. The lowest BCUT2D eigenvalue weighted by Gasteiger charge is -2.39. The van der Waals surface area contributed by atoms with E-state index in [1.807, 2.05) is 18.2 Å². The van der Waals surface area contributed by atoms with E-state index in [2.05, 4.69) is 49.5 Å². The number of carbonyl (C=O) groups is 2. The first kappa shape index (κ1) is 26.7. The van der Waals surface area contributed by atoms with Crippen LogP contribution in [0.5, 0.6) is 5.75 Å². The highest BCUT2D eigenvalue weighted by Crippen LogP contribution is 2.29. The van der Waals surface area contributed by atoms with Gasteiger partial charge in [-0.2, -0.15) is 0 Å². The highest BCUT2D eigenvalue weighted by molar-refractivity contribution is 6.33. The third-order valence-electron chi connectivity index (χ3n) is 7.31. The normalized spacial score (nSPS) is 17.1. The Morgan fingerprint density at radius 1 is 1.18 bits per heavy atom. The Bertz CT molecular complexity index is 1290. The maximum absolute atomic E-state index is 12.7. The molecule has 0 aliphatic carbocycles.